The van der Waals surface area contributed by atoms with Gasteiger partial charge in [0.05, 0.1) is 12.3 Å². The minimum atomic E-state index is -0.458. The number of halogens is 1. The van der Waals surface area contributed by atoms with Gasteiger partial charge in [0.15, 0.2) is 5.72 Å². The normalized spacial score (nSPS) is 26.2. The summed E-state index contributed by atoms with van der Waals surface area (Å²) in [6.07, 6.45) is 3.30. The molecule has 4 nitrogen and oxygen atoms in total. The maximum absolute atomic E-state index is 6.23. The van der Waals surface area contributed by atoms with E-state index in [0.717, 1.165) is 35.6 Å². The van der Waals surface area contributed by atoms with Gasteiger partial charge in [0.2, 0.25) is 0 Å². The van der Waals surface area contributed by atoms with Gasteiger partial charge in [-0.05, 0) is 37.3 Å². The van der Waals surface area contributed by atoms with Crippen molar-refractivity contribution in [3.05, 3.63) is 52.9 Å². The first-order valence-electron chi connectivity index (χ1n) is 7.50. The molecule has 2 aliphatic rings. The number of nitrogens with zero attached hydrogens (tertiary/aromatic N) is 2. The summed E-state index contributed by atoms with van der Waals surface area (Å²) in [7, 11) is 0. The Labute approximate surface area is 134 Å². The number of rotatable bonds is 2. The molecule has 0 amide bonds. The van der Waals surface area contributed by atoms with Crippen molar-refractivity contribution in [1.29, 1.82) is 0 Å². The second-order valence-corrected chi connectivity index (χ2v) is 6.34. The van der Waals surface area contributed by atoms with Crippen molar-refractivity contribution in [3.63, 3.8) is 0 Å². The fourth-order valence-electron chi connectivity index (χ4n) is 3.17. The Hall–Kier alpha value is -1.94. The first kappa shape index (κ1) is 13.7. The number of hydrogen-bond donors (Lipinski definition) is 0. The Morgan fingerprint density at radius 1 is 1.41 bits per heavy atom. The van der Waals surface area contributed by atoms with Gasteiger partial charge in [0.1, 0.15) is 17.2 Å². The minimum Gasteiger partial charge on any atom is -0.466 e. The Morgan fingerprint density at radius 2 is 2.27 bits per heavy atom. The predicted octanol–water partition coefficient (Wildman–Crippen LogP) is 4.60. The van der Waals surface area contributed by atoms with Crippen LogP contribution in [-0.2, 0) is 0 Å². The molecule has 0 radical (unpaired) electrons. The van der Waals surface area contributed by atoms with Crippen LogP contribution in [0.4, 0.5) is 0 Å². The maximum Gasteiger partial charge on any atom is 0.195 e. The molecular formula is C17H17ClN2O2. The van der Waals surface area contributed by atoms with Crippen LogP contribution in [0.5, 0.6) is 5.75 Å². The van der Waals surface area contributed by atoms with Crippen LogP contribution in [0.3, 0.4) is 0 Å². The summed E-state index contributed by atoms with van der Waals surface area (Å²) in [5.74, 6) is 1.71. The summed E-state index contributed by atoms with van der Waals surface area (Å²) in [4.78, 5) is 0. The van der Waals surface area contributed by atoms with Crippen molar-refractivity contribution in [2.24, 2.45) is 5.10 Å². The van der Waals surface area contributed by atoms with Gasteiger partial charge in [-0.25, -0.2) is 5.01 Å². The van der Waals surface area contributed by atoms with Crippen LogP contribution in [0.2, 0.25) is 5.02 Å². The van der Waals surface area contributed by atoms with Crippen LogP contribution in [0, 0.1) is 0 Å². The monoisotopic (exact) mass is 316 g/mol. The molecule has 0 unspecified atom stereocenters. The van der Waals surface area contributed by atoms with Gasteiger partial charge in [-0.15, -0.1) is 0 Å². The Balaban J connectivity index is 1.81. The Morgan fingerprint density at radius 3 is 3.00 bits per heavy atom. The van der Waals surface area contributed by atoms with Gasteiger partial charge in [-0.2, -0.15) is 5.10 Å². The zero-order valence-electron chi connectivity index (χ0n) is 12.5. The molecular weight excluding hydrogens is 300 g/mol. The van der Waals surface area contributed by atoms with Crippen molar-refractivity contribution in [1.82, 2.24) is 5.01 Å². The number of ether oxygens (including phenoxy) is 1. The number of hydrazone groups is 1. The fourth-order valence-corrected chi connectivity index (χ4v) is 3.35. The molecule has 114 valence electrons. The maximum atomic E-state index is 6.23. The average Bonchev–Trinajstić information content (AvgIpc) is 3.17. The second-order valence-electron chi connectivity index (χ2n) is 5.90. The lowest BCUT2D eigenvalue weighted by molar-refractivity contribution is -0.108. The summed E-state index contributed by atoms with van der Waals surface area (Å²) in [6.45, 7) is 4.19. The summed E-state index contributed by atoms with van der Waals surface area (Å²) in [5, 5.41) is 7.57. The molecule has 5 heteroatoms. The summed E-state index contributed by atoms with van der Waals surface area (Å²) >= 11 is 6.18. The zero-order valence-corrected chi connectivity index (χ0v) is 13.3. The smallest absolute Gasteiger partial charge is 0.195 e. The van der Waals surface area contributed by atoms with Crippen LogP contribution >= 0.6 is 11.6 Å². The quantitative estimate of drug-likeness (QED) is 0.812. The fraction of sp³-hybridized carbons (Fsp3) is 0.353. The second kappa shape index (κ2) is 4.78. The third kappa shape index (κ3) is 1.94. The largest absolute Gasteiger partial charge is 0.466 e. The van der Waals surface area contributed by atoms with E-state index in [1.165, 1.54) is 0 Å². The van der Waals surface area contributed by atoms with E-state index < -0.39 is 5.72 Å². The molecule has 0 N–H and O–H groups in total. The first-order chi connectivity index (χ1) is 10.6. The summed E-state index contributed by atoms with van der Waals surface area (Å²) in [5.41, 5.74) is 1.58. The lowest BCUT2D eigenvalue weighted by Crippen LogP contribution is -2.50. The van der Waals surface area contributed by atoms with Gasteiger partial charge in [-0.1, -0.05) is 18.5 Å². The molecule has 0 saturated carbocycles. The third-order valence-corrected chi connectivity index (χ3v) is 4.75. The molecule has 3 heterocycles. The van der Waals surface area contributed by atoms with E-state index in [9.17, 15) is 0 Å². The minimum absolute atomic E-state index is 0.132. The zero-order chi connectivity index (χ0) is 15.3. The molecule has 22 heavy (non-hydrogen) atoms. The van der Waals surface area contributed by atoms with Gasteiger partial charge >= 0.3 is 0 Å². The predicted molar refractivity (Wildman–Crippen MR) is 85.2 cm³/mol. The van der Waals surface area contributed by atoms with Crippen molar-refractivity contribution < 1.29 is 9.15 Å². The van der Waals surface area contributed by atoms with Crippen molar-refractivity contribution in [3.8, 4) is 5.75 Å². The molecule has 2 aromatic rings. The van der Waals surface area contributed by atoms with E-state index in [1.807, 2.05) is 30.3 Å². The highest BCUT2D eigenvalue weighted by Crippen LogP contribution is 2.48. The molecule has 2 aliphatic heterocycles. The van der Waals surface area contributed by atoms with Crippen molar-refractivity contribution in [2.75, 3.05) is 0 Å². The molecule has 4 rings (SSSR count). The molecule has 0 fully saturated rings. The SMILES string of the molecule is CC[C@]1(C)Oc2ccc(Cl)cc2[C@@H]2CC(c3ccco3)=NN21. The highest BCUT2D eigenvalue weighted by atomic mass is 35.5. The van der Waals surface area contributed by atoms with Crippen LogP contribution in [0.15, 0.2) is 46.1 Å². The summed E-state index contributed by atoms with van der Waals surface area (Å²) in [6, 6.07) is 9.76. The number of fused-ring (bicyclic) bond motifs is 3. The van der Waals surface area contributed by atoms with E-state index in [0.29, 0.717) is 5.02 Å². The molecule has 0 saturated heterocycles. The molecule has 0 spiro atoms. The molecule has 2 atom stereocenters. The third-order valence-electron chi connectivity index (χ3n) is 4.52. The van der Waals surface area contributed by atoms with E-state index in [1.54, 1.807) is 6.26 Å². The van der Waals surface area contributed by atoms with Crippen LogP contribution < -0.4 is 4.74 Å². The Bertz CT molecular complexity index is 741. The highest BCUT2D eigenvalue weighted by Gasteiger charge is 2.47. The highest BCUT2D eigenvalue weighted by molar-refractivity contribution is 6.30. The van der Waals surface area contributed by atoms with Gasteiger partial charge in [0, 0.05) is 23.4 Å². The number of benzene rings is 1. The molecule has 0 aliphatic carbocycles. The van der Waals surface area contributed by atoms with Gasteiger partial charge < -0.3 is 9.15 Å². The van der Waals surface area contributed by atoms with Crippen LogP contribution in [0.1, 0.15) is 44.1 Å². The standard InChI is InChI=1S/C17H17ClN2O2/c1-3-17(2)20-14(10-13(19-20)16-5-4-8-21-16)12-9-11(18)6-7-15(12)22-17/h4-9,14H,3,10H2,1-2H3/t14-,17-/m0/s1. The van der Waals surface area contributed by atoms with E-state index in [-0.39, 0.29) is 6.04 Å². The lowest BCUT2D eigenvalue weighted by atomic mass is 9.95. The molecule has 1 aromatic carbocycles. The van der Waals surface area contributed by atoms with E-state index >= 15 is 0 Å². The average molecular weight is 317 g/mol. The Kier molecular flexibility index (Phi) is 2.98. The van der Waals surface area contributed by atoms with E-state index in [2.05, 4.69) is 18.9 Å². The van der Waals surface area contributed by atoms with Gasteiger partial charge in [0.25, 0.3) is 0 Å². The lowest BCUT2D eigenvalue weighted by Gasteiger charge is -2.45. The number of hydrogen-bond acceptors (Lipinski definition) is 4. The van der Waals surface area contributed by atoms with Crippen molar-refractivity contribution >= 4 is 17.3 Å². The van der Waals surface area contributed by atoms with Crippen molar-refractivity contribution in [2.45, 2.75) is 38.5 Å². The van der Waals surface area contributed by atoms with Gasteiger partial charge in [-0.3, -0.25) is 0 Å². The van der Waals surface area contributed by atoms with Crippen LogP contribution in [0.25, 0.3) is 0 Å². The van der Waals surface area contributed by atoms with E-state index in [4.69, 9.17) is 25.9 Å². The molecule has 0 bridgehead atoms. The first-order valence-corrected chi connectivity index (χ1v) is 7.87. The topological polar surface area (TPSA) is 38.0 Å². The molecule has 1 aromatic heterocycles. The van der Waals surface area contributed by atoms with Crippen LogP contribution in [-0.4, -0.2) is 16.4 Å². The number of furan rings is 1. The summed E-state index contributed by atoms with van der Waals surface area (Å²) < 4.78 is 11.7.